The molecule has 0 rings (SSSR count). The van der Waals surface area contributed by atoms with Crippen LogP contribution < -0.4 is 20.4 Å². The first kappa shape index (κ1) is 17.5. The summed E-state index contributed by atoms with van der Waals surface area (Å²) in [5.74, 6) is -8.74. The average molecular weight is 249 g/mol. The molecule has 0 heterocycles. The Hall–Kier alpha value is -1.58. The van der Waals surface area contributed by atoms with Gasteiger partial charge in [-0.15, -0.1) is 0 Å². The fourth-order valence-electron chi connectivity index (χ4n) is 0. The Morgan fingerprint density at radius 1 is 0.538 bits per heavy atom. The molecule has 0 fully saturated rings. The summed E-state index contributed by atoms with van der Waals surface area (Å²) in [7, 11) is 0. The van der Waals surface area contributed by atoms with E-state index in [-0.39, 0.29) is 17.6 Å². The number of carbonyl (C=O) groups is 4. The van der Waals surface area contributed by atoms with Crippen molar-refractivity contribution in [3.8, 4) is 0 Å². The second-order valence-corrected chi connectivity index (χ2v) is 1.15. The Bertz CT molecular complexity index is 172. The third kappa shape index (κ3) is 17.9. The first-order valence-electron chi connectivity index (χ1n) is 2.13. The number of aliphatic carboxylic acids is 4. The van der Waals surface area contributed by atoms with Crippen molar-refractivity contribution in [1.29, 1.82) is 0 Å². The summed E-state index contributed by atoms with van der Waals surface area (Å²) in [5, 5.41) is 35.7. The van der Waals surface area contributed by atoms with Gasteiger partial charge in [-0.1, -0.05) is 0 Å². The fraction of sp³-hybridized carbons (Fsp3) is 0. The summed E-state index contributed by atoms with van der Waals surface area (Å²) in [6.45, 7) is 0. The maximum Gasteiger partial charge on any atom is 4.00 e. The standard InChI is InChI=1S/2C2H2O4.Ge/c2*3-1(4)2(5)6;/h2*(H,3,4)(H,5,6);/q;;+4/p-4. The van der Waals surface area contributed by atoms with Crippen molar-refractivity contribution in [1.82, 2.24) is 0 Å². The zero-order valence-corrected chi connectivity index (χ0v) is 7.86. The van der Waals surface area contributed by atoms with E-state index in [0.717, 1.165) is 0 Å². The first-order chi connectivity index (χ1) is 5.29. The summed E-state index contributed by atoms with van der Waals surface area (Å²) < 4.78 is 0. The molecule has 0 aliphatic heterocycles. The largest absolute Gasteiger partial charge is 4.00 e. The van der Waals surface area contributed by atoms with Crippen LogP contribution >= 0.6 is 0 Å². The molecule has 0 aromatic carbocycles. The van der Waals surface area contributed by atoms with E-state index in [1.807, 2.05) is 0 Å². The number of carboxylic acid groups (broad SMARTS) is 4. The molecule has 9 heteroatoms. The molecule has 8 nitrogen and oxygen atoms in total. The van der Waals surface area contributed by atoms with Crippen molar-refractivity contribution < 1.29 is 39.6 Å². The second kappa shape index (κ2) is 8.52. The van der Waals surface area contributed by atoms with E-state index in [1.54, 1.807) is 0 Å². The van der Waals surface area contributed by atoms with Gasteiger partial charge in [-0.2, -0.15) is 0 Å². The molecule has 68 valence electrons. The van der Waals surface area contributed by atoms with Crippen LogP contribution in [0.25, 0.3) is 0 Å². The normalized spacial score (nSPS) is 6.77. The topological polar surface area (TPSA) is 161 Å². The molecule has 13 heavy (non-hydrogen) atoms. The maximum atomic E-state index is 8.93. The van der Waals surface area contributed by atoms with Gasteiger partial charge in [0.1, 0.15) is 0 Å². The van der Waals surface area contributed by atoms with Crippen LogP contribution in [0.15, 0.2) is 0 Å². The van der Waals surface area contributed by atoms with Crippen molar-refractivity contribution in [3.63, 3.8) is 0 Å². The second-order valence-electron chi connectivity index (χ2n) is 1.15. The van der Waals surface area contributed by atoms with Gasteiger partial charge in [0, 0.05) is 0 Å². The van der Waals surface area contributed by atoms with Crippen LogP contribution in [0.2, 0.25) is 0 Å². The fourth-order valence-corrected chi connectivity index (χ4v) is 0. The molecule has 0 saturated heterocycles. The van der Waals surface area contributed by atoms with E-state index < -0.39 is 23.9 Å². The quantitative estimate of drug-likeness (QED) is 0.302. The third-order valence-electron chi connectivity index (χ3n) is 0.333. The molecular weight excluding hydrogens is 249 g/mol. The van der Waals surface area contributed by atoms with E-state index in [1.165, 1.54) is 0 Å². The Balaban J connectivity index is -0.000000143. The summed E-state index contributed by atoms with van der Waals surface area (Å²) in [5.41, 5.74) is 0. The van der Waals surface area contributed by atoms with E-state index in [0.29, 0.717) is 0 Å². The molecule has 0 bridgehead atoms. The van der Waals surface area contributed by atoms with Gasteiger partial charge in [0.15, 0.2) is 0 Å². The first-order valence-corrected chi connectivity index (χ1v) is 2.13. The van der Waals surface area contributed by atoms with Gasteiger partial charge in [-0.3, -0.25) is 0 Å². The van der Waals surface area contributed by atoms with Crippen LogP contribution in [0.1, 0.15) is 0 Å². The van der Waals surface area contributed by atoms with Crippen LogP contribution in [0.5, 0.6) is 0 Å². The minimum absolute atomic E-state index is 0. The van der Waals surface area contributed by atoms with Crippen molar-refractivity contribution in [2.75, 3.05) is 0 Å². The van der Waals surface area contributed by atoms with Crippen LogP contribution in [0.4, 0.5) is 0 Å². The van der Waals surface area contributed by atoms with Crippen LogP contribution in [0, 0.1) is 0 Å². The Kier molecular flexibility index (Phi) is 11.5. The minimum atomic E-state index is -2.19. The predicted molar refractivity (Wildman–Crippen MR) is 25.8 cm³/mol. The molecule has 0 aromatic rings. The monoisotopic (exact) mass is 250 g/mol. The summed E-state index contributed by atoms with van der Waals surface area (Å²) in [6.07, 6.45) is 0. The number of rotatable bonds is 0. The number of carboxylic acids is 4. The average Bonchev–Trinajstić information content (AvgIpc) is 1.88. The number of hydrogen-bond donors (Lipinski definition) is 0. The van der Waals surface area contributed by atoms with E-state index in [4.69, 9.17) is 39.6 Å². The predicted octanol–water partition coefficient (Wildman–Crippen LogP) is -7.41. The Morgan fingerprint density at radius 3 is 0.615 bits per heavy atom. The molecule has 0 radical (unpaired) electrons. The molecule has 0 unspecified atom stereocenters. The van der Waals surface area contributed by atoms with Crippen LogP contribution in [-0.2, 0) is 19.2 Å². The van der Waals surface area contributed by atoms with Gasteiger partial charge in [0.2, 0.25) is 0 Å². The summed E-state index contributed by atoms with van der Waals surface area (Å²) in [6, 6.07) is 0. The summed E-state index contributed by atoms with van der Waals surface area (Å²) in [4.78, 5) is 35.7. The molecule has 0 N–H and O–H groups in total. The van der Waals surface area contributed by atoms with E-state index in [2.05, 4.69) is 0 Å². The minimum Gasteiger partial charge on any atom is -0.543 e. The molecule has 0 amide bonds. The van der Waals surface area contributed by atoms with E-state index in [9.17, 15) is 0 Å². The molecule has 0 saturated carbocycles. The van der Waals surface area contributed by atoms with E-state index >= 15 is 0 Å². The van der Waals surface area contributed by atoms with Gasteiger partial charge >= 0.3 is 17.6 Å². The van der Waals surface area contributed by atoms with Crippen molar-refractivity contribution in [2.24, 2.45) is 0 Å². The van der Waals surface area contributed by atoms with Gasteiger partial charge in [-0.25, -0.2) is 0 Å². The van der Waals surface area contributed by atoms with Crippen molar-refractivity contribution >= 4 is 41.5 Å². The van der Waals surface area contributed by atoms with Gasteiger partial charge in [-0.05, 0) is 0 Å². The SMILES string of the molecule is O=C([O-])C(=O)[O-].O=C([O-])C(=O)[O-].[Ge+4]. The molecule has 0 aliphatic rings. The molecule has 0 aromatic heterocycles. The maximum absolute atomic E-state index is 8.93. The number of carbonyl (C=O) groups excluding carboxylic acids is 4. The van der Waals surface area contributed by atoms with Crippen LogP contribution in [0.3, 0.4) is 0 Å². The molecule has 0 aliphatic carbocycles. The van der Waals surface area contributed by atoms with Gasteiger partial charge in [0.05, 0.1) is 23.9 Å². The van der Waals surface area contributed by atoms with Gasteiger partial charge in [0.25, 0.3) is 0 Å². The summed E-state index contributed by atoms with van der Waals surface area (Å²) >= 11 is 0. The van der Waals surface area contributed by atoms with Crippen LogP contribution in [-0.4, -0.2) is 41.5 Å². The zero-order chi connectivity index (χ0) is 10.3. The Labute approximate surface area is 81.8 Å². The van der Waals surface area contributed by atoms with Crippen molar-refractivity contribution in [2.45, 2.75) is 0 Å². The smallest absolute Gasteiger partial charge is 0.543 e. The Morgan fingerprint density at radius 2 is 0.615 bits per heavy atom. The molecule has 0 spiro atoms. The van der Waals surface area contributed by atoms with Gasteiger partial charge < -0.3 is 39.6 Å². The number of hydrogen-bond acceptors (Lipinski definition) is 8. The van der Waals surface area contributed by atoms with Crippen molar-refractivity contribution in [3.05, 3.63) is 0 Å². The molecule has 0 atom stereocenters. The molecular formula is C4GeO8. The third-order valence-corrected chi connectivity index (χ3v) is 0.333. The zero-order valence-electron chi connectivity index (χ0n) is 5.77.